The number of halogens is 2. The number of hydrogen-bond donors (Lipinski definition) is 1. The van der Waals surface area contributed by atoms with E-state index in [1.54, 1.807) is 7.11 Å². The van der Waals surface area contributed by atoms with E-state index in [2.05, 4.69) is 5.32 Å². The lowest BCUT2D eigenvalue weighted by Crippen LogP contribution is -2.02. The van der Waals surface area contributed by atoms with Crippen LogP contribution >= 0.6 is 0 Å². The maximum absolute atomic E-state index is 13.1. The molecule has 3 nitrogen and oxygen atoms in total. The number of ether oxygens (including phenoxy) is 2. The van der Waals surface area contributed by atoms with Gasteiger partial charge in [0.25, 0.3) is 0 Å². The zero-order valence-corrected chi connectivity index (χ0v) is 12.0. The Hall–Kier alpha value is -2.30. The van der Waals surface area contributed by atoms with Crippen molar-refractivity contribution >= 4 is 5.69 Å². The number of anilines is 1. The summed E-state index contributed by atoms with van der Waals surface area (Å²) < 4.78 is 36.7. The predicted octanol–water partition coefficient (Wildman–Crippen LogP) is 3.98. The molecule has 0 spiro atoms. The first-order valence-corrected chi connectivity index (χ1v) is 6.62. The quantitative estimate of drug-likeness (QED) is 0.873. The molecule has 0 aliphatic rings. The zero-order chi connectivity index (χ0) is 15.2. The molecule has 0 saturated carbocycles. The molecule has 1 N–H and O–H groups in total. The summed E-state index contributed by atoms with van der Waals surface area (Å²) in [6.45, 7) is 2.93. The van der Waals surface area contributed by atoms with E-state index in [1.165, 1.54) is 6.07 Å². The fourth-order valence-electron chi connectivity index (χ4n) is 1.91. The lowest BCUT2D eigenvalue weighted by Gasteiger charge is -2.12. The van der Waals surface area contributed by atoms with Crippen LogP contribution in [-0.4, -0.2) is 13.7 Å². The van der Waals surface area contributed by atoms with Crippen molar-refractivity contribution in [3.05, 3.63) is 53.6 Å². The van der Waals surface area contributed by atoms with Gasteiger partial charge in [-0.3, -0.25) is 0 Å². The fourth-order valence-corrected chi connectivity index (χ4v) is 1.91. The molecule has 0 bridgehead atoms. The molecule has 0 aromatic heterocycles. The second-order valence-electron chi connectivity index (χ2n) is 4.40. The fraction of sp³-hybridized carbons (Fsp3) is 0.250. The maximum atomic E-state index is 13.1. The molecule has 0 amide bonds. The van der Waals surface area contributed by atoms with Gasteiger partial charge < -0.3 is 14.8 Å². The van der Waals surface area contributed by atoms with E-state index in [0.29, 0.717) is 30.3 Å². The van der Waals surface area contributed by atoms with Crippen molar-refractivity contribution in [1.29, 1.82) is 0 Å². The molecule has 5 heteroatoms. The molecule has 0 saturated heterocycles. The van der Waals surface area contributed by atoms with Crippen LogP contribution in [0.25, 0.3) is 0 Å². The molecule has 0 aliphatic heterocycles. The number of hydrogen-bond acceptors (Lipinski definition) is 3. The Labute approximate surface area is 122 Å². The minimum absolute atomic E-state index is 0.466. The first-order valence-electron chi connectivity index (χ1n) is 6.62. The van der Waals surface area contributed by atoms with Crippen LogP contribution in [0.1, 0.15) is 12.5 Å². The summed E-state index contributed by atoms with van der Waals surface area (Å²) in [4.78, 5) is 0. The summed E-state index contributed by atoms with van der Waals surface area (Å²) in [6, 6.07) is 9.27. The Bertz CT molecular complexity index is 617. The van der Waals surface area contributed by atoms with E-state index >= 15 is 0 Å². The Balaban J connectivity index is 2.07. The van der Waals surface area contributed by atoms with Crippen molar-refractivity contribution in [1.82, 2.24) is 0 Å². The molecule has 0 atom stereocenters. The number of benzene rings is 2. The molecule has 0 unspecified atom stereocenters. The van der Waals surface area contributed by atoms with Gasteiger partial charge in [0, 0.05) is 18.3 Å². The molecule has 21 heavy (non-hydrogen) atoms. The summed E-state index contributed by atoms with van der Waals surface area (Å²) in [5.74, 6) is -0.412. The molecule has 0 fully saturated rings. The summed E-state index contributed by atoms with van der Waals surface area (Å²) in [5, 5.41) is 3.03. The van der Waals surface area contributed by atoms with Gasteiger partial charge in [-0.1, -0.05) is 6.07 Å². The highest BCUT2D eigenvalue weighted by Crippen LogP contribution is 2.28. The van der Waals surface area contributed by atoms with Crippen molar-refractivity contribution < 1.29 is 18.3 Å². The van der Waals surface area contributed by atoms with Gasteiger partial charge in [0.2, 0.25) is 0 Å². The molecule has 2 aromatic rings. The van der Waals surface area contributed by atoms with E-state index < -0.39 is 11.6 Å². The van der Waals surface area contributed by atoms with E-state index in [9.17, 15) is 8.78 Å². The Morgan fingerprint density at radius 2 is 1.81 bits per heavy atom. The predicted molar refractivity (Wildman–Crippen MR) is 77.8 cm³/mol. The van der Waals surface area contributed by atoms with E-state index in [-0.39, 0.29) is 0 Å². The van der Waals surface area contributed by atoms with Gasteiger partial charge >= 0.3 is 0 Å². The summed E-state index contributed by atoms with van der Waals surface area (Å²) in [6.07, 6.45) is 0. The second-order valence-corrected chi connectivity index (χ2v) is 4.40. The molecule has 2 aromatic carbocycles. The average Bonchev–Trinajstić information content (AvgIpc) is 2.49. The maximum Gasteiger partial charge on any atom is 0.161 e. The van der Waals surface area contributed by atoms with Crippen molar-refractivity contribution in [2.75, 3.05) is 19.0 Å². The minimum atomic E-state index is -0.871. The summed E-state index contributed by atoms with van der Waals surface area (Å²) >= 11 is 0. The smallest absolute Gasteiger partial charge is 0.161 e. The third-order valence-electron chi connectivity index (χ3n) is 2.94. The first-order chi connectivity index (χ1) is 10.1. The highest BCUT2D eigenvalue weighted by atomic mass is 19.2. The van der Waals surface area contributed by atoms with Crippen LogP contribution in [0.2, 0.25) is 0 Å². The normalized spacial score (nSPS) is 10.3. The average molecular weight is 293 g/mol. The summed E-state index contributed by atoms with van der Waals surface area (Å²) in [7, 11) is 1.57. The Morgan fingerprint density at radius 1 is 1.00 bits per heavy atom. The molecule has 0 heterocycles. The lowest BCUT2D eigenvalue weighted by atomic mass is 10.2. The third-order valence-corrected chi connectivity index (χ3v) is 2.94. The van der Waals surface area contributed by atoms with Crippen LogP contribution in [0.3, 0.4) is 0 Å². The minimum Gasteiger partial charge on any atom is -0.493 e. The molecular weight excluding hydrogens is 276 g/mol. The van der Waals surface area contributed by atoms with Crippen LogP contribution in [0, 0.1) is 11.6 Å². The van der Waals surface area contributed by atoms with Crippen LogP contribution in [-0.2, 0) is 6.54 Å². The summed E-state index contributed by atoms with van der Waals surface area (Å²) in [5.41, 5.74) is 1.46. The largest absolute Gasteiger partial charge is 0.493 e. The van der Waals surface area contributed by atoms with E-state index in [4.69, 9.17) is 9.47 Å². The van der Waals surface area contributed by atoms with Crippen molar-refractivity contribution in [3.8, 4) is 11.5 Å². The highest BCUT2D eigenvalue weighted by molar-refractivity contribution is 5.47. The van der Waals surface area contributed by atoms with Gasteiger partial charge in [-0.05, 0) is 36.8 Å². The lowest BCUT2D eigenvalue weighted by molar-refractivity contribution is 0.310. The van der Waals surface area contributed by atoms with Gasteiger partial charge in [-0.15, -0.1) is 0 Å². The SMILES string of the molecule is CCOc1ccc(CNc2ccc(F)c(F)c2)cc1OC. The molecule has 0 aliphatic carbocycles. The third kappa shape index (κ3) is 3.84. The van der Waals surface area contributed by atoms with E-state index in [1.807, 2.05) is 25.1 Å². The van der Waals surface area contributed by atoms with Crippen LogP contribution in [0.15, 0.2) is 36.4 Å². The van der Waals surface area contributed by atoms with Crippen LogP contribution in [0.4, 0.5) is 14.5 Å². The van der Waals surface area contributed by atoms with Gasteiger partial charge in [0.05, 0.1) is 13.7 Å². The molecular formula is C16H17F2NO2. The number of nitrogens with one attached hydrogen (secondary N) is 1. The molecule has 0 radical (unpaired) electrons. The van der Waals surface area contributed by atoms with Gasteiger partial charge in [0.1, 0.15) is 0 Å². The van der Waals surface area contributed by atoms with Crippen LogP contribution in [0.5, 0.6) is 11.5 Å². The van der Waals surface area contributed by atoms with Gasteiger partial charge in [-0.2, -0.15) is 0 Å². The Morgan fingerprint density at radius 3 is 2.48 bits per heavy atom. The second kappa shape index (κ2) is 6.92. The first kappa shape index (κ1) is 15.1. The van der Waals surface area contributed by atoms with Gasteiger partial charge in [0.15, 0.2) is 23.1 Å². The van der Waals surface area contributed by atoms with Crippen molar-refractivity contribution in [2.45, 2.75) is 13.5 Å². The van der Waals surface area contributed by atoms with Crippen molar-refractivity contribution in [3.63, 3.8) is 0 Å². The number of methoxy groups -OCH3 is 1. The van der Waals surface area contributed by atoms with Crippen molar-refractivity contribution in [2.24, 2.45) is 0 Å². The molecule has 2 rings (SSSR count). The number of rotatable bonds is 6. The topological polar surface area (TPSA) is 30.5 Å². The highest BCUT2D eigenvalue weighted by Gasteiger charge is 2.06. The molecule has 112 valence electrons. The zero-order valence-electron chi connectivity index (χ0n) is 12.0. The van der Waals surface area contributed by atoms with Gasteiger partial charge in [-0.25, -0.2) is 8.78 Å². The Kier molecular flexibility index (Phi) is 4.98. The monoisotopic (exact) mass is 293 g/mol. The van der Waals surface area contributed by atoms with Crippen LogP contribution < -0.4 is 14.8 Å². The standard InChI is InChI=1S/C16H17F2NO2/c1-3-21-15-7-4-11(8-16(15)20-2)10-19-12-5-6-13(17)14(18)9-12/h4-9,19H,3,10H2,1-2H3. The van der Waals surface area contributed by atoms with E-state index in [0.717, 1.165) is 17.7 Å².